The second-order valence-electron chi connectivity index (χ2n) is 3.95. The first-order chi connectivity index (χ1) is 9.42. The topological polar surface area (TPSA) is 71.8 Å². The van der Waals surface area contributed by atoms with Gasteiger partial charge in [-0.1, -0.05) is 11.3 Å². The minimum atomic E-state index is 0.706. The van der Waals surface area contributed by atoms with Gasteiger partial charge in [0, 0.05) is 24.2 Å². The quantitative estimate of drug-likeness (QED) is 0.605. The maximum absolute atomic E-state index is 4.54. The monoisotopic (exact) mass is 268 g/mol. The number of nitrogens with one attached hydrogen (secondary N) is 1. The first kappa shape index (κ1) is 10.4. The van der Waals surface area contributed by atoms with Gasteiger partial charge in [0.05, 0.1) is 5.69 Å². The van der Waals surface area contributed by atoms with Crippen LogP contribution in [0.4, 0.5) is 0 Å². The van der Waals surface area contributed by atoms with Gasteiger partial charge in [-0.05, 0) is 24.3 Å². The Morgan fingerprint density at radius 3 is 2.95 bits per heavy atom. The number of pyridine rings is 1. The minimum absolute atomic E-state index is 0.706. The van der Waals surface area contributed by atoms with Crippen LogP contribution in [0.25, 0.3) is 27.1 Å². The highest BCUT2D eigenvalue weighted by atomic mass is 32.1. The number of fused-ring (bicyclic) bond motifs is 1. The van der Waals surface area contributed by atoms with E-state index in [0.29, 0.717) is 5.82 Å². The van der Waals surface area contributed by atoms with Crippen molar-refractivity contribution >= 4 is 16.3 Å². The summed E-state index contributed by atoms with van der Waals surface area (Å²) in [6.45, 7) is 0. The van der Waals surface area contributed by atoms with E-state index in [4.69, 9.17) is 0 Å². The fraction of sp³-hybridized carbons (Fsp3) is 0. The van der Waals surface area contributed by atoms with Crippen LogP contribution in [0.3, 0.4) is 0 Å². The van der Waals surface area contributed by atoms with Gasteiger partial charge in [-0.15, -0.1) is 10.2 Å². The number of H-pyrrole nitrogens is 1. The molecule has 0 spiro atoms. The SMILES string of the molecule is c1cncc(-c2nnc3sc(-c4ccc[nH]4)nn23)c1. The molecule has 4 heterocycles. The maximum Gasteiger partial charge on any atom is 0.235 e. The number of hydrogen-bond donors (Lipinski definition) is 1. The van der Waals surface area contributed by atoms with Crippen molar-refractivity contribution in [3.63, 3.8) is 0 Å². The Morgan fingerprint density at radius 2 is 2.16 bits per heavy atom. The highest BCUT2D eigenvalue weighted by Gasteiger charge is 2.14. The molecule has 0 bridgehead atoms. The summed E-state index contributed by atoms with van der Waals surface area (Å²) in [5.74, 6) is 0.706. The highest BCUT2D eigenvalue weighted by molar-refractivity contribution is 7.19. The molecule has 0 unspecified atom stereocenters. The second kappa shape index (κ2) is 3.99. The van der Waals surface area contributed by atoms with Crippen LogP contribution in [-0.2, 0) is 0 Å². The maximum atomic E-state index is 4.54. The largest absolute Gasteiger partial charge is 0.359 e. The fourth-order valence-electron chi connectivity index (χ4n) is 1.86. The van der Waals surface area contributed by atoms with Gasteiger partial charge in [0.1, 0.15) is 0 Å². The Hall–Kier alpha value is -2.54. The van der Waals surface area contributed by atoms with Crippen LogP contribution >= 0.6 is 11.3 Å². The van der Waals surface area contributed by atoms with Crippen LogP contribution in [0.15, 0.2) is 42.9 Å². The summed E-state index contributed by atoms with van der Waals surface area (Å²) in [4.78, 5) is 8.00. The molecule has 4 aromatic rings. The molecule has 0 saturated carbocycles. The van der Waals surface area contributed by atoms with Gasteiger partial charge >= 0.3 is 0 Å². The van der Waals surface area contributed by atoms with Crippen LogP contribution in [0, 0.1) is 0 Å². The molecular weight excluding hydrogens is 260 g/mol. The summed E-state index contributed by atoms with van der Waals surface area (Å²) in [5, 5.41) is 13.7. The van der Waals surface area contributed by atoms with Crippen LogP contribution in [-0.4, -0.2) is 29.8 Å². The van der Waals surface area contributed by atoms with Crippen molar-refractivity contribution in [2.75, 3.05) is 0 Å². The molecule has 0 aliphatic rings. The first-order valence-corrected chi connectivity index (χ1v) is 6.50. The van der Waals surface area contributed by atoms with Crippen molar-refractivity contribution in [2.45, 2.75) is 0 Å². The zero-order chi connectivity index (χ0) is 12.7. The molecule has 0 aliphatic carbocycles. The Bertz CT molecular complexity index is 815. The molecule has 19 heavy (non-hydrogen) atoms. The Morgan fingerprint density at radius 1 is 1.16 bits per heavy atom. The molecule has 0 saturated heterocycles. The fourth-order valence-corrected chi connectivity index (χ4v) is 2.69. The summed E-state index contributed by atoms with van der Waals surface area (Å²) in [6, 6.07) is 7.74. The zero-order valence-electron chi connectivity index (χ0n) is 9.69. The van der Waals surface area contributed by atoms with Crippen LogP contribution in [0.5, 0.6) is 0 Å². The number of aromatic amines is 1. The van der Waals surface area contributed by atoms with E-state index in [1.165, 1.54) is 11.3 Å². The third-order valence-electron chi connectivity index (χ3n) is 2.74. The molecule has 6 nitrogen and oxygen atoms in total. The standard InChI is InChI=1S/C12H8N6S/c1-3-8(7-13-5-1)10-15-16-12-18(10)17-11(19-12)9-4-2-6-14-9/h1-7,14H. The molecule has 4 rings (SSSR count). The average Bonchev–Trinajstić information content (AvgIpc) is 3.15. The van der Waals surface area contributed by atoms with E-state index in [0.717, 1.165) is 21.2 Å². The lowest BCUT2D eigenvalue weighted by atomic mass is 10.3. The van der Waals surface area contributed by atoms with E-state index < -0.39 is 0 Å². The van der Waals surface area contributed by atoms with Gasteiger partial charge in [-0.25, -0.2) is 0 Å². The molecule has 0 amide bonds. The Labute approximate surface area is 111 Å². The molecule has 0 aliphatic heterocycles. The predicted octanol–water partition coefficient (Wildman–Crippen LogP) is 2.24. The van der Waals surface area contributed by atoms with Gasteiger partial charge in [-0.2, -0.15) is 9.61 Å². The van der Waals surface area contributed by atoms with Gasteiger partial charge in [-0.3, -0.25) is 4.98 Å². The van der Waals surface area contributed by atoms with Crippen LogP contribution in [0.1, 0.15) is 0 Å². The molecule has 1 N–H and O–H groups in total. The highest BCUT2D eigenvalue weighted by Crippen LogP contribution is 2.26. The molecule has 7 heteroatoms. The lowest BCUT2D eigenvalue weighted by Gasteiger charge is -1.94. The number of aromatic nitrogens is 6. The molecule has 0 fully saturated rings. The van der Waals surface area contributed by atoms with E-state index in [1.54, 1.807) is 16.9 Å². The molecule has 0 atom stereocenters. The van der Waals surface area contributed by atoms with E-state index in [-0.39, 0.29) is 0 Å². The minimum Gasteiger partial charge on any atom is -0.359 e. The van der Waals surface area contributed by atoms with Crippen LogP contribution in [0.2, 0.25) is 0 Å². The number of nitrogens with zero attached hydrogens (tertiary/aromatic N) is 5. The zero-order valence-corrected chi connectivity index (χ0v) is 10.5. The van der Waals surface area contributed by atoms with Crippen molar-refractivity contribution in [2.24, 2.45) is 0 Å². The summed E-state index contributed by atoms with van der Waals surface area (Å²) in [5.41, 5.74) is 1.88. The third kappa shape index (κ3) is 1.63. The molecule has 0 aromatic carbocycles. The van der Waals surface area contributed by atoms with Crippen LogP contribution < -0.4 is 0 Å². The smallest absolute Gasteiger partial charge is 0.235 e. The Balaban J connectivity index is 1.90. The van der Waals surface area contributed by atoms with Gasteiger partial charge in [0.2, 0.25) is 4.96 Å². The summed E-state index contributed by atoms with van der Waals surface area (Å²) in [6.07, 6.45) is 5.36. The Kier molecular flexibility index (Phi) is 2.18. The van der Waals surface area contributed by atoms with Crippen molar-refractivity contribution in [3.05, 3.63) is 42.9 Å². The molecule has 92 valence electrons. The van der Waals surface area contributed by atoms with Crippen molar-refractivity contribution in [1.82, 2.24) is 29.8 Å². The van der Waals surface area contributed by atoms with Crippen molar-refractivity contribution in [3.8, 4) is 22.1 Å². The van der Waals surface area contributed by atoms with E-state index in [2.05, 4.69) is 25.3 Å². The lowest BCUT2D eigenvalue weighted by molar-refractivity contribution is 0.966. The van der Waals surface area contributed by atoms with Crippen molar-refractivity contribution < 1.29 is 0 Å². The molecular formula is C12H8N6S. The summed E-state index contributed by atoms with van der Waals surface area (Å²) >= 11 is 1.50. The number of rotatable bonds is 2. The third-order valence-corrected chi connectivity index (χ3v) is 3.67. The summed E-state index contributed by atoms with van der Waals surface area (Å²) < 4.78 is 1.75. The normalized spacial score (nSPS) is 11.2. The predicted molar refractivity (Wildman–Crippen MR) is 71.7 cm³/mol. The van der Waals surface area contributed by atoms with E-state index in [1.807, 2.05) is 30.5 Å². The lowest BCUT2D eigenvalue weighted by Crippen LogP contribution is -1.91. The first-order valence-electron chi connectivity index (χ1n) is 5.68. The van der Waals surface area contributed by atoms with Gasteiger partial charge in [0.25, 0.3) is 0 Å². The molecule has 4 aromatic heterocycles. The van der Waals surface area contributed by atoms with Crippen molar-refractivity contribution in [1.29, 1.82) is 0 Å². The van der Waals surface area contributed by atoms with Gasteiger partial charge < -0.3 is 4.98 Å². The second-order valence-corrected chi connectivity index (χ2v) is 4.91. The van der Waals surface area contributed by atoms with E-state index >= 15 is 0 Å². The number of hydrogen-bond acceptors (Lipinski definition) is 5. The van der Waals surface area contributed by atoms with E-state index in [9.17, 15) is 0 Å². The van der Waals surface area contributed by atoms with Gasteiger partial charge in [0.15, 0.2) is 10.8 Å². The molecule has 0 radical (unpaired) electrons. The average molecular weight is 268 g/mol. The summed E-state index contributed by atoms with van der Waals surface area (Å²) in [7, 11) is 0.